The molecule has 0 spiro atoms. The van der Waals surface area contributed by atoms with E-state index in [1.54, 1.807) is 0 Å². The second-order valence-electron chi connectivity index (χ2n) is 6.68. The van der Waals surface area contributed by atoms with Gasteiger partial charge >= 0.3 is 5.97 Å². The number of amides is 2. The van der Waals surface area contributed by atoms with Crippen molar-refractivity contribution in [2.24, 2.45) is 0 Å². The number of hydrogen-bond acceptors (Lipinski definition) is 6. The van der Waals surface area contributed by atoms with Crippen molar-refractivity contribution in [3.8, 4) is 0 Å². The smallest absolute Gasteiger partial charge is 0.338 e. The lowest BCUT2D eigenvalue weighted by Gasteiger charge is -2.30. The Balaban J connectivity index is 1.72. The minimum Gasteiger partial charge on any atom is -0.461 e. The third-order valence-electron chi connectivity index (χ3n) is 4.76. The molecule has 0 heterocycles. The van der Waals surface area contributed by atoms with Gasteiger partial charge in [-0.3, -0.25) is 9.59 Å². The Morgan fingerprint density at radius 1 is 1.35 bits per heavy atom. The third kappa shape index (κ3) is 5.81. The molecule has 0 aromatic heterocycles. The molecular weight excluding hydrogens is 340 g/mol. The minimum absolute atomic E-state index is 0.108. The number of methoxy groups -OCH3 is 1. The number of ether oxygens (including phenoxy) is 3. The molecule has 0 radical (unpaired) electrons. The van der Waals surface area contributed by atoms with Gasteiger partial charge in [0.25, 0.3) is 0 Å². The molecule has 2 amide bonds. The molecule has 0 saturated heterocycles. The number of likely N-dealkylation sites (N-methyl/N-ethyl adjacent to an activating group) is 1. The van der Waals surface area contributed by atoms with Crippen LogP contribution in [0.2, 0.25) is 0 Å². The molecule has 146 valence electrons. The monoisotopic (exact) mass is 368 g/mol. The number of nitrogens with zero attached hydrogens (tertiary/aromatic N) is 1. The highest BCUT2D eigenvalue weighted by molar-refractivity contribution is 5.87. The van der Waals surface area contributed by atoms with Crippen LogP contribution in [0.15, 0.2) is 12.3 Å². The number of hydrogen-bond donors (Lipinski definition) is 1. The average molecular weight is 368 g/mol. The van der Waals surface area contributed by atoms with Gasteiger partial charge in [0.15, 0.2) is 5.60 Å². The van der Waals surface area contributed by atoms with Crippen molar-refractivity contribution < 1.29 is 28.6 Å². The summed E-state index contributed by atoms with van der Waals surface area (Å²) in [6.45, 7) is 0.452. The number of esters is 1. The van der Waals surface area contributed by atoms with Gasteiger partial charge < -0.3 is 24.4 Å². The number of carbonyl (C=O) groups excluding carboxylic acids is 3. The summed E-state index contributed by atoms with van der Waals surface area (Å²) in [5, 5.41) is 2.43. The number of rotatable bonds is 12. The summed E-state index contributed by atoms with van der Waals surface area (Å²) in [7, 11) is 3.04. The van der Waals surface area contributed by atoms with E-state index in [9.17, 15) is 14.4 Å². The molecule has 2 aliphatic rings. The molecule has 0 aromatic rings. The predicted octanol–water partition coefficient (Wildman–Crippen LogP) is 0.755. The first-order valence-electron chi connectivity index (χ1n) is 9.02. The van der Waals surface area contributed by atoms with Crippen LogP contribution in [0.5, 0.6) is 0 Å². The van der Waals surface area contributed by atoms with Gasteiger partial charge in [0.2, 0.25) is 12.3 Å². The van der Waals surface area contributed by atoms with E-state index in [1.165, 1.54) is 31.3 Å². The van der Waals surface area contributed by atoms with Crippen molar-refractivity contribution in [3.05, 3.63) is 12.3 Å². The molecule has 2 aliphatic carbocycles. The van der Waals surface area contributed by atoms with Crippen LogP contribution < -0.4 is 5.32 Å². The van der Waals surface area contributed by atoms with Crippen molar-refractivity contribution in [2.45, 2.75) is 56.3 Å². The summed E-state index contributed by atoms with van der Waals surface area (Å²) in [5.41, 5.74) is -0.742. The SMILES string of the molecule is CNC(=O)/C=C\N(C=O)CCC(COC(=O)C1(OC2CCC2)CC1)OC. The van der Waals surface area contributed by atoms with Gasteiger partial charge in [-0.05, 0) is 38.5 Å². The lowest BCUT2D eigenvalue weighted by Crippen LogP contribution is -2.37. The summed E-state index contributed by atoms with van der Waals surface area (Å²) in [6, 6.07) is 0. The average Bonchev–Trinajstić information content (AvgIpc) is 3.41. The van der Waals surface area contributed by atoms with Crippen molar-refractivity contribution >= 4 is 18.3 Å². The van der Waals surface area contributed by atoms with Gasteiger partial charge in [-0.2, -0.15) is 0 Å². The van der Waals surface area contributed by atoms with Gasteiger partial charge in [0.1, 0.15) is 6.61 Å². The summed E-state index contributed by atoms with van der Waals surface area (Å²) in [5.74, 6) is -0.617. The van der Waals surface area contributed by atoms with Crippen LogP contribution in [-0.4, -0.2) is 68.3 Å². The zero-order valence-electron chi connectivity index (χ0n) is 15.4. The molecule has 1 atom stereocenters. The fourth-order valence-corrected chi connectivity index (χ4v) is 2.56. The molecule has 26 heavy (non-hydrogen) atoms. The van der Waals surface area contributed by atoms with Crippen molar-refractivity contribution in [1.82, 2.24) is 10.2 Å². The normalized spacial score (nSPS) is 19.5. The van der Waals surface area contributed by atoms with E-state index in [0.29, 0.717) is 32.2 Å². The molecule has 8 nitrogen and oxygen atoms in total. The molecular formula is C18H28N2O6. The highest BCUT2D eigenvalue weighted by atomic mass is 16.6. The predicted molar refractivity (Wildman–Crippen MR) is 93.0 cm³/mol. The van der Waals surface area contributed by atoms with Gasteiger partial charge in [0.05, 0.1) is 12.2 Å². The van der Waals surface area contributed by atoms with E-state index in [2.05, 4.69) is 5.32 Å². The highest BCUT2D eigenvalue weighted by Crippen LogP contribution is 2.44. The molecule has 2 rings (SSSR count). The summed E-state index contributed by atoms with van der Waals surface area (Å²) in [4.78, 5) is 35.9. The zero-order chi connectivity index (χ0) is 19.0. The second-order valence-corrected chi connectivity index (χ2v) is 6.68. The first-order chi connectivity index (χ1) is 12.5. The molecule has 2 fully saturated rings. The van der Waals surface area contributed by atoms with E-state index in [-0.39, 0.29) is 30.7 Å². The molecule has 2 saturated carbocycles. The van der Waals surface area contributed by atoms with Crippen LogP contribution in [0.1, 0.15) is 38.5 Å². The molecule has 1 unspecified atom stereocenters. The fraction of sp³-hybridized carbons (Fsp3) is 0.722. The number of nitrogens with one attached hydrogen (secondary N) is 1. The van der Waals surface area contributed by atoms with E-state index in [0.717, 1.165) is 19.3 Å². The Morgan fingerprint density at radius 2 is 2.08 bits per heavy atom. The first kappa shape index (κ1) is 20.4. The van der Waals surface area contributed by atoms with Crippen LogP contribution in [0.25, 0.3) is 0 Å². The Labute approximate surface area is 153 Å². The van der Waals surface area contributed by atoms with Crippen molar-refractivity contribution in [2.75, 3.05) is 27.3 Å². The van der Waals surface area contributed by atoms with Crippen LogP contribution in [-0.2, 0) is 28.6 Å². The van der Waals surface area contributed by atoms with Gasteiger partial charge in [0, 0.05) is 33.0 Å². The van der Waals surface area contributed by atoms with E-state index in [1.807, 2.05) is 0 Å². The van der Waals surface area contributed by atoms with Crippen LogP contribution in [0.4, 0.5) is 0 Å². The Hall–Kier alpha value is -1.93. The topological polar surface area (TPSA) is 94.2 Å². The van der Waals surface area contributed by atoms with Crippen molar-refractivity contribution in [3.63, 3.8) is 0 Å². The zero-order valence-corrected chi connectivity index (χ0v) is 15.4. The Bertz CT molecular complexity index is 528. The molecule has 1 N–H and O–H groups in total. The summed E-state index contributed by atoms with van der Waals surface area (Å²) >= 11 is 0. The maximum absolute atomic E-state index is 12.3. The minimum atomic E-state index is -0.742. The molecule has 0 aromatic carbocycles. The Kier molecular flexibility index (Phi) is 7.59. The standard InChI is InChI=1S/C18H28N2O6/c1-19-16(22)7-11-20(13-21)10-6-15(24-2)12-25-17(23)18(8-9-18)26-14-4-3-5-14/h7,11,13-15H,3-6,8-10,12H2,1-2H3,(H,19,22)/b11-7-. The number of carbonyl (C=O) groups is 3. The van der Waals surface area contributed by atoms with Gasteiger partial charge in [-0.15, -0.1) is 0 Å². The van der Waals surface area contributed by atoms with Gasteiger partial charge in [-0.25, -0.2) is 4.79 Å². The maximum Gasteiger partial charge on any atom is 0.338 e. The summed E-state index contributed by atoms with van der Waals surface area (Å²) in [6.07, 6.45) is 8.23. The highest BCUT2D eigenvalue weighted by Gasteiger charge is 2.54. The van der Waals surface area contributed by atoms with E-state index in [4.69, 9.17) is 14.2 Å². The van der Waals surface area contributed by atoms with Crippen LogP contribution in [0, 0.1) is 0 Å². The third-order valence-corrected chi connectivity index (χ3v) is 4.76. The first-order valence-corrected chi connectivity index (χ1v) is 9.02. The maximum atomic E-state index is 12.3. The largest absolute Gasteiger partial charge is 0.461 e. The quantitative estimate of drug-likeness (QED) is 0.310. The van der Waals surface area contributed by atoms with E-state index < -0.39 is 5.60 Å². The van der Waals surface area contributed by atoms with E-state index >= 15 is 0 Å². The lowest BCUT2D eigenvalue weighted by atomic mass is 9.96. The van der Waals surface area contributed by atoms with Crippen molar-refractivity contribution in [1.29, 1.82) is 0 Å². The van der Waals surface area contributed by atoms with Gasteiger partial charge in [-0.1, -0.05) is 0 Å². The molecule has 0 bridgehead atoms. The second kappa shape index (κ2) is 9.68. The summed E-state index contributed by atoms with van der Waals surface area (Å²) < 4.78 is 16.6. The fourth-order valence-electron chi connectivity index (χ4n) is 2.56. The molecule has 8 heteroatoms. The lowest BCUT2D eigenvalue weighted by molar-refractivity contribution is -0.172. The van der Waals surface area contributed by atoms with Crippen LogP contribution >= 0.6 is 0 Å². The Morgan fingerprint density at radius 3 is 2.58 bits per heavy atom. The van der Waals surface area contributed by atoms with Crippen LogP contribution in [0.3, 0.4) is 0 Å². The molecule has 0 aliphatic heterocycles.